The lowest BCUT2D eigenvalue weighted by molar-refractivity contribution is -0.138. The average Bonchev–Trinajstić information content (AvgIpc) is 3.01. The molecule has 7 nitrogen and oxygen atoms in total. The molecule has 0 spiro atoms. The Bertz CT molecular complexity index is 592. The zero-order valence-corrected chi connectivity index (χ0v) is 14.4. The van der Waals surface area contributed by atoms with Crippen molar-refractivity contribution >= 4 is 11.8 Å². The molecule has 1 atom stereocenters. The van der Waals surface area contributed by atoms with Gasteiger partial charge < -0.3 is 20.1 Å². The van der Waals surface area contributed by atoms with Crippen LogP contribution >= 0.6 is 0 Å². The highest BCUT2D eigenvalue weighted by atomic mass is 16.2. The number of nitrogens with two attached hydrogens (primary N) is 1. The van der Waals surface area contributed by atoms with Gasteiger partial charge in [-0.05, 0) is 39.3 Å². The smallest absolute Gasteiger partial charge is 0.237 e. The number of primary amides is 1. The van der Waals surface area contributed by atoms with Crippen molar-refractivity contribution in [2.75, 3.05) is 33.2 Å². The molecule has 3 rings (SSSR count). The van der Waals surface area contributed by atoms with Crippen LogP contribution in [0.5, 0.6) is 0 Å². The Kier molecular flexibility index (Phi) is 5.18. The van der Waals surface area contributed by atoms with E-state index in [-0.39, 0.29) is 24.3 Å². The fourth-order valence-electron chi connectivity index (χ4n) is 3.97. The zero-order valence-electron chi connectivity index (χ0n) is 14.4. The number of piperidine rings is 2. The van der Waals surface area contributed by atoms with Crippen molar-refractivity contribution in [3.8, 4) is 0 Å². The van der Waals surface area contributed by atoms with Crippen LogP contribution in [0.15, 0.2) is 12.4 Å². The zero-order chi connectivity index (χ0) is 17.1. The Labute approximate surface area is 142 Å². The van der Waals surface area contributed by atoms with Crippen molar-refractivity contribution < 1.29 is 9.59 Å². The maximum absolute atomic E-state index is 12.7. The van der Waals surface area contributed by atoms with Gasteiger partial charge in [-0.2, -0.15) is 0 Å². The minimum absolute atomic E-state index is 0.150. The number of nitrogens with zero attached hydrogens (tertiary/aromatic N) is 4. The Morgan fingerprint density at radius 3 is 2.67 bits per heavy atom. The lowest BCUT2D eigenvalue weighted by Crippen LogP contribution is -2.46. The monoisotopic (exact) mass is 333 g/mol. The first-order valence-electron chi connectivity index (χ1n) is 8.81. The van der Waals surface area contributed by atoms with Crippen LogP contribution in [0.4, 0.5) is 0 Å². The third-order valence-corrected chi connectivity index (χ3v) is 5.22. The van der Waals surface area contributed by atoms with Gasteiger partial charge in [-0.15, -0.1) is 0 Å². The van der Waals surface area contributed by atoms with Crippen LogP contribution < -0.4 is 5.73 Å². The van der Waals surface area contributed by atoms with Crippen LogP contribution in [0.3, 0.4) is 0 Å². The topological polar surface area (TPSA) is 84.5 Å². The van der Waals surface area contributed by atoms with Crippen LogP contribution in [-0.4, -0.2) is 64.4 Å². The predicted molar refractivity (Wildman–Crippen MR) is 90.2 cm³/mol. The van der Waals surface area contributed by atoms with Gasteiger partial charge in [-0.3, -0.25) is 9.59 Å². The molecule has 132 valence electrons. The van der Waals surface area contributed by atoms with Gasteiger partial charge in [0.15, 0.2) is 0 Å². The quantitative estimate of drug-likeness (QED) is 0.865. The molecule has 7 heteroatoms. The summed E-state index contributed by atoms with van der Waals surface area (Å²) in [6.07, 6.45) is 7.41. The summed E-state index contributed by atoms with van der Waals surface area (Å²) in [5.74, 6) is 1.30. The second-order valence-electron chi connectivity index (χ2n) is 7.08. The van der Waals surface area contributed by atoms with Gasteiger partial charge in [0.2, 0.25) is 11.8 Å². The van der Waals surface area contributed by atoms with Crippen LogP contribution in [0.2, 0.25) is 0 Å². The molecular weight excluding hydrogens is 306 g/mol. The van der Waals surface area contributed by atoms with E-state index in [1.54, 1.807) is 12.4 Å². The van der Waals surface area contributed by atoms with Gasteiger partial charge in [-0.1, -0.05) is 0 Å². The van der Waals surface area contributed by atoms with Gasteiger partial charge >= 0.3 is 0 Å². The fraction of sp³-hybridized carbons (Fsp3) is 0.706. The van der Waals surface area contributed by atoms with Crippen LogP contribution in [0.1, 0.15) is 37.4 Å². The lowest BCUT2D eigenvalue weighted by atomic mass is 9.92. The number of carbonyl (C=O) groups is 2. The summed E-state index contributed by atoms with van der Waals surface area (Å²) in [7, 11) is 2.09. The Balaban J connectivity index is 1.57. The number of hydrogen-bond donors (Lipinski definition) is 1. The number of aromatic nitrogens is 2. The molecule has 3 heterocycles. The van der Waals surface area contributed by atoms with E-state index in [0.29, 0.717) is 5.91 Å². The van der Waals surface area contributed by atoms with E-state index in [0.717, 1.165) is 57.7 Å². The van der Waals surface area contributed by atoms with Crippen LogP contribution in [0, 0.1) is 5.92 Å². The molecule has 2 aliphatic heterocycles. The first kappa shape index (κ1) is 17.0. The summed E-state index contributed by atoms with van der Waals surface area (Å²) >= 11 is 0. The minimum Gasteiger partial charge on any atom is -0.368 e. The molecule has 0 radical (unpaired) electrons. The number of carbonyl (C=O) groups excluding carboxylic acids is 2. The van der Waals surface area contributed by atoms with E-state index in [9.17, 15) is 9.59 Å². The highest BCUT2D eigenvalue weighted by Crippen LogP contribution is 2.28. The molecule has 1 aromatic heterocycles. The summed E-state index contributed by atoms with van der Waals surface area (Å²) in [5.41, 5.74) is 5.29. The van der Waals surface area contributed by atoms with Crippen molar-refractivity contribution in [3.63, 3.8) is 0 Å². The first-order valence-corrected chi connectivity index (χ1v) is 8.81. The summed E-state index contributed by atoms with van der Waals surface area (Å²) in [4.78, 5) is 32.6. The maximum atomic E-state index is 12.7. The predicted octanol–water partition coefficient (Wildman–Crippen LogP) is 0.416. The number of amides is 2. The molecular formula is C17H27N5O2. The number of imidazole rings is 1. The molecule has 1 aromatic rings. The van der Waals surface area contributed by atoms with Crippen molar-refractivity contribution in [2.24, 2.45) is 11.7 Å². The summed E-state index contributed by atoms with van der Waals surface area (Å²) in [6.45, 7) is 3.68. The molecule has 2 fully saturated rings. The molecule has 0 bridgehead atoms. The second-order valence-corrected chi connectivity index (χ2v) is 7.08. The van der Waals surface area contributed by atoms with Gasteiger partial charge in [0.1, 0.15) is 12.4 Å². The fourth-order valence-corrected chi connectivity index (χ4v) is 3.97. The van der Waals surface area contributed by atoms with Crippen molar-refractivity contribution in [2.45, 2.75) is 38.1 Å². The van der Waals surface area contributed by atoms with E-state index in [1.165, 1.54) is 0 Å². The Morgan fingerprint density at radius 2 is 2.00 bits per heavy atom. The third kappa shape index (κ3) is 3.77. The Hall–Kier alpha value is -1.89. The van der Waals surface area contributed by atoms with Crippen molar-refractivity contribution in [3.05, 3.63) is 18.2 Å². The SMILES string of the molecule is CN1CCC[C@@H](C(=O)N2CCC(c3nccn3CC(N)=O)CC2)C1. The van der Waals surface area contributed by atoms with Gasteiger partial charge in [0, 0.05) is 37.9 Å². The largest absolute Gasteiger partial charge is 0.368 e. The minimum atomic E-state index is -0.358. The maximum Gasteiger partial charge on any atom is 0.237 e. The summed E-state index contributed by atoms with van der Waals surface area (Å²) < 4.78 is 1.83. The van der Waals surface area contributed by atoms with Gasteiger partial charge in [-0.25, -0.2) is 4.98 Å². The van der Waals surface area contributed by atoms with E-state index in [1.807, 2.05) is 9.47 Å². The van der Waals surface area contributed by atoms with Crippen molar-refractivity contribution in [1.82, 2.24) is 19.4 Å². The highest BCUT2D eigenvalue weighted by Gasteiger charge is 2.31. The number of rotatable bonds is 4. The average molecular weight is 333 g/mol. The van der Waals surface area contributed by atoms with E-state index < -0.39 is 0 Å². The van der Waals surface area contributed by atoms with Crippen LogP contribution in [-0.2, 0) is 16.1 Å². The molecule has 0 unspecified atom stereocenters. The number of hydrogen-bond acceptors (Lipinski definition) is 4. The first-order chi connectivity index (χ1) is 11.5. The summed E-state index contributed by atoms with van der Waals surface area (Å²) in [5, 5.41) is 0. The van der Waals surface area contributed by atoms with Crippen molar-refractivity contribution in [1.29, 1.82) is 0 Å². The summed E-state index contributed by atoms with van der Waals surface area (Å²) in [6, 6.07) is 0. The lowest BCUT2D eigenvalue weighted by Gasteiger charge is -2.36. The normalized spacial score (nSPS) is 23.4. The van der Waals surface area contributed by atoms with E-state index in [4.69, 9.17) is 5.73 Å². The molecule has 2 amide bonds. The standard InChI is InChI=1S/C17H27N5O2/c1-20-7-2-3-14(11-20)17(24)21-8-4-13(5-9-21)16-19-6-10-22(16)12-15(18)23/h6,10,13-14H,2-5,7-9,11-12H2,1H3,(H2,18,23)/t14-/m1/s1. The third-order valence-electron chi connectivity index (χ3n) is 5.22. The molecule has 0 saturated carbocycles. The van der Waals surface area contributed by atoms with E-state index in [2.05, 4.69) is 16.9 Å². The van der Waals surface area contributed by atoms with Gasteiger partial charge in [0.25, 0.3) is 0 Å². The molecule has 2 aliphatic rings. The Morgan fingerprint density at radius 1 is 1.25 bits per heavy atom. The molecule has 0 aliphatic carbocycles. The van der Waals surface area contributed by atoms with E-state index >= 15 is 0 Å². The molecule has 2 saturated heterocycles. The molecule has 2 N–H and O–H groups in total. The highest BCUT2D eigenvalue weighted by molar-refractivity contribution is 5.79. The second kappa shape index (κ2) is 7.34. The van der Waals surface area contributed by atoms with Crippen LogP contribution in [0.25, 0.3) is 0 Å². The van der Waals surface area contributed by atoms with Gasteiger partial charge in [0.05, 0.1) is 5.92 Å². The number of likely N-dealkylation sites (tertiary alicyclic amines) is 2. The molecule has 0 aromatic carbocycles. The molecule has 24 heavy (non-hydrogen) atoms.